The van der Waals surface area contributed by atoms with Crippen LogP contribution in [0.2, 0.25) is 0 Å². The fourth-order valence-electron chi connectivity index (χ4n) is 5.86. The van der Waals surface area contributed by atoms with Crippen LogP contribution in [0.25, 0.3) is 60.3 Å². The Labute approximate surface area is 237 Å². The number of rotatable bonds is 8. The fourth-order valence-corrected chi connectivity index (χ4v) is 6.82. The quantitative estimate of drug-likeness (QED) is 0.180. The molecule has 40 heavy (non-hydrogen) atoms. The lowest BCUT2D eigenvalue weighted by Gasteiger charge is -2.11. The van der Waals surface area contributed by atoms with E-state index in [-0.39, 0.29) is 0 Å². The summed E-state index contributed by atoms with van der Waals surface area (Å²) in [6.45, 7) is 8.08. The molecule has 1 aliphatic carbocycles. The Balaban J connectivity index is 1.20. The number of nitrogens with zero attached hydrogens (tertiary/aromatic N) is 3. The van der Waals surface area contributed by atoms with Crippen molar-refractivity contribution in [3.05, 3.63) is 84.3 Å². The van der Waals surface area contributed by atoms with Crippen LogP contribution in [-0.4, -0.2) is 31.7 Å². The van der Waals surface area contributed by atoms with Crippen LogP contribution >= 0.6 is 11.3 Å². The van der Waals surface area contributed by atoms with Gasteiger partial charge in [-0.3, -0.25) is 15.1 Å². The molecule has 7 rings (SSSR count). The summed E-state index contributed by atoms with van der Waals surface area (Å²) in [5.41, 5.74) is 9.50. The molecule has 0 amide bonds. The van der Waals surface area contributed by atoms with Gasteiger partial charge in [0.1, 0.15) is 5.69 Å². The van der Waals surface area contributed by atoms with Gasteiger partial charge in [0.2, 0.25) is 0 Å². The highest BCUT2D eigenvalue weighted by atomic mass is 32.1. The normalized spacial score (nSPS) is 14.0. The number of hydrogen-bond donors (Lipinski definition) is 3. The number of pyridine rings is 2. The highest BCUT2D eigenvalue weighted by molar-refractivity contribution is 7.16. The number of fused-ring (bicyclic) bond motifs is 2. The lowest BCUT2D eigenvalue weighted by molar-refractivity contribution is 0.489. The van der Waals surface area contributed by atoms with E-state index in [9.17, 15) is 0 Å². The van der Waals surface area contributed by atoms with E-state index >= 15 is 0 Å². The van der Waals surface area contributed by atoms with Crippen molar-refractivity contribution in [2.24, 2.45) is 5.92 Å². The molecule has 0 aliphatic heterocycles. The van der Waals surface area contributed by atoms with Gasteiger partial charge in [-0.25, -0.2) is 0 Å². The van der Waals surface area contributed by atoms with Crippen LogP contribution in [0.3, 0.4) is 0 Å². The molecule has 7 heteroatoms. The summed E-state index contributed by atoms with van der Waals surface area (Å²) < 4.78 is 0. The first-order valence-corrected chi connectivity index (χ1v) is 14.8. The summed E-state index contributed by atoms with van der Waals surface area (Å²) in [5, 5.41) is 13.8. The fraction of sp³-hybridized carbons (Fsp3) is 0.242. The van der Waals surface area contributed by atoms with Crippen molar-refractivity contribution in [1.82, 2.24) is 30.5 Å². The summed E-state index contributed by atoms with van der Waals surface area (Å²) in [4.78, 5) is 15.0. The number of thiophene rings is 1. The van der Waals surface area contributed by atoms with Gasteiger partial charge in [-0.1, -0.05) is 25.5 Å². The Bertz CT molecular complexity index is 1830. The molecular weight excluding hydrogens is 512 g/mol. The Morgan fingerprint density at radius 2 is 1.82 bits per heavy atom. The zero-order chi connectivity index (χ0) is 27.1. The maximum Gasteiger partial charge on any atom is 0.116 e. The Hall–Kier alpha value is -4.07. The monoisotopic (exact) mass is 544 g/mol. The van der Waals surface area contributed by atoms with E-state index in [1.807, 2.05) is 31.7 Å². The zero-order valence-corrected chi connectivity index (χ0v) is 23.4. The number of aromatic amines is 2. The van der Waals surface area contributed by atoms with Crippen LogP contribution < -0.4 is 5.32 Å². The first kappa shape index (κ1) is 24.9. The number of benzene rings is 1. The standard InChI is InChI=1S/C33H32N6S/c1-20(2)31-9-10-32(40-31)27-18-36-19-30-25(27)13-29(37-30)33-26-12-23(7-8-28(26)38-39-33)24-11-22(16-35-17-24)15-34-14-21-5-3-4-6-21/h7-13,16-19,21,34,37H,1,3-6,14-15H2,2H3,(H,38,39). The molecule has 0 unspecified atom stereocenters. The topological polar surface area (TPSA) is 82.3 Å². The van der Waals surface area contributed by atoms with Gasteiger partial charge in [0.25, 0.3) is 0 Å². The highest BCUT2D eigenvalue weighted by Gasteiger charge is 2.16. The molecule has 0 spiro atoms. The van der Waals surface area contributed by atoms with Gasteiger partial charge < -0.3 is 10.3 Å². The maximum atomic E-state index is 4.71. The van der Waals surface area contributed by atoms with Gasteiger partial charge in [0.05, 0.1) is 22.9 Å². The van der Waals surface area contributed by atoms with E-state index in [0.717, 1.165) is 74.5 Å². The van der Waals surface area contributed by atoms with Crippen molar-refractivity contribution in [1.29, 1.82) is 0 Å². The van der Waals surface area contributed by atoms with Crippen molar-refractivity contribution >= 4 is 38.7 Å². The van der Waals surface area contributed by atoms with Crippen LogP contribution in [0.5, 0.6) is 0 Å². The lowest BCUT2D eigenvalue weighted by Crippen LogP contribution is -2.20. The molecule has 3 N–H and O–H groups in total. The summed E-state index contributed by atoms with van der Waals surface area (Å²) in [6, 6.07) is 15.2. The minimum Gasteiger partial charge on any atom is -0.352 e. The van der Waals surface area contributed by atoms with E-state index in [4.69, 9.17) is 5.10 Å². The Morgan fingerprint density at radius 3 is 2.67 bits per heavy atom. The van der Waals surface area contributed by atoms with Crippen LogP contribution in [0.15, 0.2) is 73.8 Å². The number of allylic oxidation sites excluding steroid dienone is 1. The van der Waals surface area contributed by atoms with E-state index in [0.29, 0.717) is 0 Å². The molecule has 0 bridgehead atoms. The third-order valence-corrected chi connectivity index (χ3v) is 9.30. The zero-order valence-electron chi connectivity index (χ0n) is 22.6. The molecule has 0 saturated heterocycles. The van der Waals surface area contributed by atoms with Gasteiger partial charge in [-0.05, 0) is 85.3 Å². The van der Waals surface area contributed by atoms with Gasteiger partial charge >= 0.3 is 0 Å². The lowest BCUT2D eigenvalue weighted by atomic mass is 10.0. The largest absolute Gasteiger partial charge is 0.352 e. The first-order valence-electron chi connectivity index (χ1n) is 14.0. The average Bonchev–Trinajstić information content (AvgIpc) is 3.78. The second kappa shape index (κ2) is 10.5. The molecule has 0 atom stereocenters. The Kier molecular flexibility index (Phi) is 6.54. The molecule has 5 aromatic heterocycles. The predicted octanol–water partition coefficient (Wildman–Crippen LogP) is 8.21. The van der Waals surface area contributed by atoms with Gasteiger partial charge in [0.15, 0.2) is 0 Å². The van der Waals surface area contributed by atoms with Gasteiger partial charge in [0, 0.05) is 56.8 Å². The molecule has 0 radical (unpaired) electrons. The molecule has 5 heterocycles. The molecule has 1 aliphatic rings. The molecule has 1 aromatic carbocycles. The molecule has 6 nitrogen and oxygen atoms in total. The van der Waals surface area contributed by atoms with Crippen LogP contribution in [0.4, 0.5) is 0 Å². The van der Waals surface area contributed by atoms with Crippen molar-refractivity contribution in [3.8, 4) is 33.0 Å². The smallest absolute Gasteiger partial charge is 0.116 e. The third-order valence-electron chi connectivity index (χ3n) is 8.02. The number of H-pyrrole nitrogens is 2. The summed E-state index contributed by atoms with van der Waals surface area (Å²) in [6.07, 6.45) is 13.2. The molecule has 200 valence electrons. The minimum atomic E-state index is 0.827. The van der Waals surface area contributed by atoms with Gasteiger partial charge in [-0.15, -0.1) is 11.3 Å². The first-order chi connectivity index (χ1) is 19.6. The van der Waals surface area contributed by atoms with Crippen molar-refractivity contribution < 1.29 is 0 Å². The summed E-state index contributed by atoms with van der Waals surface area (Å²) in [5.74, 6) is 0.827. The number of hydrogen-bond acceptors (Lipinski definition) is 5. The summed E-state index contributed by atoms with van der Waals surface area (Å²) >= 11 is 1.74. The van der Waals surface area contributed by atoms with E-state index in [1.165, 1.54) is 41.0 Å². The van der Waals surface area contributed by atoms with E-state index in [2.05, 4.69) is 74.4 Å². The van der Waals surface area contributed by atoms with Crippen LogP contribution in [0.1, 0.15) is 43.0 Å². The van der Waals surface area contributed by atoms with E-state index in [1.54, 1.807) is 11.3 Å². The summed E-state index contributed by atoms with van der Waals surface area (Å²) in [7, 11) is 0. The number of nitrogens with one attached hydrogen (secondary N) is 3. The van der Waals surface area contributed by atoms with Crippen molar-refractivity contribution in [3.63, 3.8) is 0 Å². The SMILES string of the molecule is C=C(C)c1ccc(-c2cncc3[nH]c(-c4n[nH]c5ccc(-c6cncc(CNCC7CCCC7)c6)cc45)cc23)s1. The van der Waals surface area contributed by atoms with Crippen LogP contribution in [-0.2, 0) is 6.54 Å². The second-order valence-electron chi connectivity index (χ2n) is 11.0. The molecule has 6 aromatic rings. The average molecular weight is 545 g/mol. The minimum absolute atomic E-state index is 0.827. The molecular formula is C33H32N6S. The molecule has 1 saturated carbocycles. The van der Waals surface area contributed by atoms with Crippen molar-refractivity contribution in [2.75, 3.05) is 6.54 Å². The maximum absolute atomic E-state index is 4.71. The Morgan fingerprint density at radius 1 is 0.950 bits per heavy atom. The molecule has 1 fully saturated rings. The van der Waals surface area contributed by atoms with E-state index < -0.39 is 0 Å². The number of aromatic nitrogens is 5. The highest BCUT2D eigenvalue weighted by Crippen LogP contribution is 2.38. The van der Waals surface area contributed by atoms with Gasteiger partial charge in [-0.2, -0.15) is 5.10 Å². The predicted molar refractivity (Wildman–Crippen MR) is 166 cm³/mol. The van der Waals surface area contributed by atoms with Crippen LogP contribution in [0, 0.1) is 5.92 Å². The second-order valence-corrected chi connectivity index (χ2v) is 12.1. The van der Waals surface area contributed by atoms with Crippen molar-refractivity contribution in [2.45, 2.75) is 39.2 Å². The third kappa shape index (κ3) is 4.76.